The lowest BCUT2D eigenvalue weighted by molar-refractivity contribution is 0.0922. The van der Waals surface area contributed by atoms with Gasteiger partial charge in [0.25, 0.3) is 5.91 Å². The SMILES string of the molecule is CC1Cc2cc(-c3cc(CNC(=O)c4ccco4)no3)ccc2O1. The fourth-order valence-electron chi connectivity index (χ4n) is 2.77. The second kappa shape index (κ2) is 5.88. The molecule has 1 atom stereocenters. The summed E-state index contributed by atoms with van der Waals surface area (Å²) in [7, 11) is 0. The number of rotatable bonds is 4. The molecule has 1 aliphatic heterocycles. The summed E-state index contributed by atoms with van der Waals surface area (Å²) >= 11 is 0. The predicted octanol–water partition coefficient (Wildman–Crippen LogP) is 3.19. The van der Waals surface area contributed by atoms with E-state index in [2.05, 4.69) is 16.5 Å². The maximum absolute atomic E-state index is 11.8. The van der Waals surface area contributed by atoms with Crippen LogP contribution in [-0.4, -0.2) is 17.2 Å². The minimum Gasteiger partial charge on any atom is -0.490 e. The van der Waals surface area contributed by atoms with Gasteiger partial charge in [0.1, 0.15) is 17.5 Å². The van der Waals surface area contributed by atoms with Crippen LogP contribution in [0, 0.1) is 0 Å². The van der Waals surface area contributed by atoms with Crippen molar-refractivity contribution in [2.24, 2.45) is 0 Å². The second-order valence-electron chi connectivity index (χ2n) is 5.80. The molecule has 0 spiro atoms. The number of aromatic nitrogens is 1. The van der Waals surface area contributed by atoms with Crippen LogP contribution in [0.25, 0.3) is 11.3 Å². The van der Waals surface area contributed by atoms with E-state index in [4.69, 9.17) is 13.7 Å². The third kappa shape index (κ3) is 2.78. The van der Waals surface area contributed by atoms with Gasteiger partial charge in [-0.25, -0.2) is 0 Å². The molecule has 0 bridgehead atoms. The molecule has 0 saturated carbocycles. The summed E-state index contributed by atoms with van der Waals surface area (Å²) in [4.78, 5) is 11.8. The third-order valence-electron chi connectivity index (χ3n) is 3.91. The fourth-order valence-corrected chi connectivity index (χ4v) is 2.77. The predicted molar refractivity (Wildman–Crippen MR) is 85.6 cm³/mol. The number of benzene rings is 1. The summed E-state index contributed by atoms with van der Waals surface area (Å²) in [5.41, 5.74) is 2.77. The van der Waals surface area contributed by atoms with Gasteiger partial charge in [-0.2, -0.15) is 0 Å². The van der Waals surface area contributed by atoms with E-state index in [-0.39, 0.29) is 24.3 Å². The first-order chi connectivity index (χ1) is 11.7. The van der Waals surface area contributed by atoms with E-state index in [0.717, 1.165) is 17.7 Å². The molecule has 2 aromatic heterocycles. The number of nitrogens with zero attached hydrogens (tertiary/aromatic N) is 1. The standard InChI is InChI=1S/C18H16N2O4/c1-11-7-13-8-12(4-5-15(13)23-11)17-9-14(20-24-17)10-19-18(21)16-3-2-6-22-16/h2-6,8-9,11H,7,10H2,1H3,(H,19,21). The minimum atomic E-state index is -0.284. The van der Waals surface area contributed by atoms with Gasteiger partial charge in [-0.3, -0.25) is 4.79 Å². The number of hydrogen-bond donors (Lipinski definition) is 1. The van der Waals surface area contributed by atoms with Crippen molar-refractivity contribution in [3.05, 3.63) is 59.7 Å². The highest BCUT2D eigenvalue weighted by molar-refractivity contribution is 5.91. The number of carbonyl (C=O) groups excluding carboxylic acids is 1. The number of carbonyl (C=O) groups is 1. The van der Waals surface area contributed by atoms with Crippen molar-refractivity contribution >= 4 is 5.91 Å². The summed E-state index contributed by atoms with van der Waals surface area (Å²) in [6, 6.07) is 11.1. The van der Waals surface area contributed by atoms with Gasteiger partial charge in [0.2, 0.25) is 0 Å². The fraction of sp³-hybridized carbons (Fsp3) is 0.222. The summed E-state index contributed by atoms with van der Waals surface area (Å²) in [6.45, 7) is 2.32. The summed E-state index contributed by atoms with van der Waals surface area (Å²) < 4.78 is 16.1. The first-order valence-corrected chi connectivity index (χ1v) is 7.76. The van der Waals surface area contributed by atoms with Gasteiger partial charge >= 0.3 is 0 Å². The number of hydrogen-bond acceptors (Lipinski definition) is 5. The highest BCUT2D eigenvalue weighted by atomic mass is 16.5. The molecule has 1 aromatic carbocycles. The van der Waals surface area contributed by atoms with E-state index in [1.807, 2.05) is 25.1 Å². The Morgan fingerprint density at radius 1 is 1.33 bits per heavy atom. The normalized spacial score (nSPS) is 15.8. The second-order valence-corrected chi connectivity index (χ2v) is 5.80. The summed E-state index contributed by atoms with van der Waals surface area (Å²) in [6.07, 6.45) is 2.56. The van der Waals surface area contributed by atoms with Gasteiger partial charge in [-0.15, -0.1) is 0 Å². The maximum atomic E-state index is 11.8. The zero-order valence-electron chi connectivity index (χ0n) is 13.1. The molecule has 6 nitrogen and oxygen atoms in total. The van der Waals surface area contributed by atoms with E-state index in [9.17, 15) is 4.79 Å². The highest BCUT2D eigenvalue weighted by Crippen LogP contribution is 2.33. The van der Waals surface area contributed by atoms with Gasteiger partial charge in [0.05, 0.1) is 12.8 Å². The van der Waals surface area contributed by atoms with E-state index in [0.29, 0.717) is 11.5 Å². The van der Waals surface area contributed by atoms with Crippen LogP contribution in [0.1, 0.15) is 28.7 Å². The molecule has 24 heavy (non-hydrogen) atoms. The molecule has 6 heteroatoms. The Morgan fingerprint density at radius 3 is 3.08 bits per heavy atom. The Balaban J connectivity index is 1.45. The zero-order chi connectivity index (χ0) is 16.5. The van der Waals surface area contributed by atoms with Gasteiger partial charge in [0, 0.05) is 18.1 Å². The van der Waals surface area contributed by atoms with Crippen LogP contribution in [0.15, 0.2) is 51.6 Å². The molecule has 1 N–H and O–H groups in total. The van der Waals surface area contributed by atoms with Crippen molar-refractivity contribution in [1.29, 1.82) is 0 Å². The average molecular weight is 324 g/mol. The highest BCUT2D eigenvalue weighted by Gasteiger charge is 2.20. The Bertz CT molecular complexity index is 867. The Morgan fingerprint density at radius 2 is 2.25 bits per heavy atom. The number of nitrogens with one attached hydrogen (secondary N) is 1. The first kappa shape index (κ1) is 14.6. The summed E-state index contributed by atoms with van der Waals surface area (Å²) in [5, 5.41) is 6.74. The minimum absolute atomic E-state index is 0.206. The van der Waals surface area contributed by atoms with Crippen molar-refractivity contribution in [2.45, 2.75) is 26.0 Å². The molecule has 0 radical (unpaired) electrons. The molecule has 0 fully saturated rings. The van der Waals surface area contributed by atoms with Crippen molar-refractivity contribution in [2.75, 3.05) is 0 Å². The van der Waals surface area contributed by atoms with Crippen molar-refractivity contribution in [1.82, 2.24) is 10.5 Å². The third-order valence-corrected chi connectivity index (χ3v) is 3.91. The Labute approximate surface area is 138 Å². The van der Waals surface area contributed by atoms with Crippen molar-refractivity contribution in [3.8, 4) is 17.1 Å². The average Bonchev–Trinajstić information content (AvgIpc) is 3.31. The number of ether oxygens (including phenoxy) is 1. The van der Waals surface area contributed by atoms with Crippen LogP contribution in [0.4, 0.5) is 0 Å². The number of furan rings is 1. The molecular weight excluding hydrogens is 308 g/mol. The lowest BCUT2D eigenvalue weighted by Gasteiger charge is -2.02. The van der Waals surface area contributed by atoms with E-state index < -0.39 is 0 Å². The molecular formula is C18H16N2O4. The van der Waals surface area contributed by atoms with E-state index >= 15 is 0 Å². The topological polar surface area (TPSA) is 77.5 Å². The van der Waals surface area contributed by atoms with Gasteiger partial charge in [0.15, 0.2) is 11.5 Å². The Hall–Kier alpha value is -3.02. The van der Waals surface area contributed by atoms with E-state index in [1.54, 1.807) is 12.1 Å². The smallest absolute Gasteiger partial charge is 0.287 e. The van der Waals surface area contributed by atoms with E-state index in [1.165, 1.54) is 11.8 Å². The van der Waals surface area contributed by atoms with Gasteiger partial charge in [-0.1, -0.05) is 5.16 Å². The molecule has 1 amide bonds. The lowest BCUT2D eigenvalue weighted by atomic mass is 10.1. The number of amides is 1. The van der Waals surface area contributed by atoms with Crippen LogP contribution in [0.3, 0.4) is 0 Å². The quantitative estimate of drug-likeness (QED) is 0.797. The molecule has 0 aliphatic carbocycles. The monoisotopic (exact) mass is 324 g/mol. The molecule has 0 saturated heterocycles. The van der Waals surface area contributed by atoms with Crippen LogP contribution in [-0.2, 0) is 13.0 Å². The van der Waals surface area contributed by atoms with Crippen LogP contribution in [0.5, 0.6) is 5.75 Å². The van der Waals surface area contributed by atoms with Crippen molar-refractivity contribution in [3.63, 3.8) is 0 Å². The maximum Gasteiger partial charge on any atom is 0.287 e. The first-order valence-electron chi connectivity index (χ1n) is 7.76. The van der Waals surface area contributed by atoms with Gasteiger partial charge in [-0.05, 0) is 42.8 Å². The van der Waals surface area contributed by atoms with Crippen molar-refractivity contribution < 1.29 is 18.5 Å². The molecule has 4 rings (SSSR count). The summed E-state index contributed by atoms with van der Waals surface area (Å²) in [5.74, 6) is 1.58. The van der Waals surface area contributed by atoms with Crippen LogP contribution >= 0.6 is 0 Å². The largest absolute Gasteiger partial charge is 0.490 e. The molecule has 1 unspecified atom stereocenters. The molecule has 122 valence electrons. The lowest BCUT2D eigenvalue weighted by Crippen LogP contribution is -2.22. The van der Waals surface area contributed by atoms with Gasteiger partial charge < -0.3 is 19.0 Å². The van der Waals surface area contributed by atoms with Crippen LogP contribution in [0.2, 0.25) is 0 Å². The molecule has 3 aromatic rings. The Kier molecular flexibility index (Phi) is 3.57. The number of fused-ring (bicyclic) bond motifs is 1. The molecule has 3 heterocycles. The zero-order valence-corrected chi connectivity index (χ0v) is 13.1. The van der Waals surface area contributed by atoms with Crippen LogP contribution < -0.4 is 10.1 Å². The molecule has 1 aliphatic rings.